The number of nitrogens with one attached hydrogen (secondary N) is 1. The topological polar surface area (TPSA) is 66.4 Å². The number of allylic oxidation sites excluding steroid dienone is 1. The van der Waals surface area contributed by atoms with Crippen LogP contribution in [0.2, 0.25) is 0 Å². The fourth-order valence-corrected chi connectivity index (χ4v) is 2.90. The first-order chi connectivity index (χ1) is 9.49. The molecule has 20 heavy (non-hydrogen) atoms. The zero-order valence-corrected chi connectivity index (χ0v) is 12.8. The van der Waals surface area contributed by atoms with E-state index >= 15 is 0 Å². The Morgan fingerprint density at radius 1 is 1.55 bits per heavy atom. The Labute approximate surface area is 123 Å². The van der Waals surface area contributed by atoms with E-state index < -0.39 is 12.0 Å². The molecule has 0 fully saturated rings. The van der Waals surface area contributed by atoms with E-state index in [0.717, 1.165) is 17.7 Å². The number of aliphatic carboxylic acids is 1. The van der Waals surface area contributed by atoms with Gasteiger partial charge in [-0.3, -0.25) is 4.79 Å². The highest BCUT2D eigenvalue weighted by Crippen LogP contribution is 2.23. The number of thiophene rings is 1. The molecule has 0 radical (unpaired) electrons. The van der Waals surface area contributed by atoms with Gasteiger partial charge in [-0.2, -0.15) is 0 Å². The van der Waals surface area contributed by atoms with E-state index in [1.54, 1.807) is 6.08 Å². The van der Waals surface area contributed by atoms with Gasteiger partial charge in [0, 0.05) is 4.88 Å². The lowest BCUT2D eigenvalue weighted by Gasteiger charge is -2.12. The van der Waals surface area contributed by atoms with Crippen LogP contribution in [-0.4, -0.2) is 23.0 Å². The number of hydrogen-bond acceptors (Lipinski definition) is 3. The van der Waals surface area contributed by atoms with Crippen LogP contribution in [0.3, 0.4) is 0 Å². The molecule has 1 amide bonds. The minimum atomic E-state index is -1.01. The molecule has 0 saturated heterocycles. The standard InChI is InChI=1S/C15H21NO3S/c1-4-6-8-12(15(18)19)16-14(17)13-9-11(7-5-2)10(3)20-13/h4,9,12H,1,5-8H2,2-3H3,(H,16,17)(H,18,19). The molecule has 1 unspecified atom stereocenters. The molecule has 1 aromatic heterocycles. The van der Waals surface area contributed by atoms with Crippen LogP contribution in [0, 0.1) is 6.92 Å². The molecule has 110 valence electrons. The van der Waals surface area contributed by atoms with Gasteiger partial charge in [0.2, 0.25) is 0 Å². The van der Waals surface area contributed by atoms with E-state index in [1.165, 1.54) is 16.9 Å². The molecule has 0 saturated carbocycles. The highest BCUT2D eigenvalue weighted by atomic mass is 32.1. The summed E-state index contributed by atoms with van der Waals surface area (Å²) in [6, 6.07) is 1.00. The van der Waals surface area contributed by atoms with Gasteiger partial charge in [-0.05, 0) is 37.8 Å². The molecule has 0 aliphatic heterocycles. The van der Waals surface area contributed by atoms with Gasteiger partial charge in [0.05, 0.1) is 4.88 Å². The number of carbonyl (C=O) groups excluding carboxylic acids is 1. The van der Waals surface area contributed by atoms with Crippen molar-refractivity contribution in [3.8, 4) is 0 Å². The zero-order chi connectivity index (χ0) is 15.1. The fraction of sp³-hybridized carbons (Fsp3) is 0.467. The number of carbonyl (C=O) groups is 2. The fourth-order valence-electron chi connectivity index (χ4n) is 1.92. The van der Waals surface area contributed by atoms with Gasteiger partial charge >= 0.3 is 5.97 Å². The van der Waals surface area contributed by atoms with Gasteiger partial charge in [0.1, 0.15) is 6.04 Å². The van der Waals surface area contributed by atoms with Crippen molar-refractivity contribution in [2.45, 2.75) is 45.6 Å². The van der Waals surface area contributed by atoms with Crippen LogP contribution >= 0.6 is 11.3 Å². The average Bonchev–Trinajstić information content (AvgIpc) is 2.76. The lowest BCUT2D eigenvalue weighted by Crippen LogP contribution is -2.40. The largest absolute Gasteiger partial charge is 0.480 e. The molecule has 1 aromatic rings. The van der Waals surface area contributed by atoms with Crippen LogP contribution in [0.5, 0.6) is 0 Å². The van der Waals surface area contributed by atoms with E-state index in [0.29, 0.717) is 17.7 Å². The van der Waals surface area contributed by atoms with Gasteiger partial charge in [-0.15, -0.1) is 17.9 Å². The van der Waals surface area contributed by atoms with Gasteiger partial charge in [-0.1, -0.05) is 19.4 Å². The van der Waals surface area contributed by atoms with Crippen molar-refractivity contribution in [2.75, 3.05) is 0 Å². The lowest BCUT2D eigenvalue weighted by atomic mass is 10.1. The van der Waals surface area contributed by atoms with Crippen molar-refractivity contribution in [3.05, 3.63) is 34.0 Å². The van der Waals surface area contributed by atoms with Crippen molar-refractivity contribution in [2.24, 2.45) is 0 Å². The van der Waals surface area contributed by atoms with Crippen molar-refractivity contribution in [1.29, 1.82) is 0 Å². The van der Waals surface area contributed by atoms with Gasteiger partial charge in [0.15, 0.2) is 0 Å². The number of carboxylic acids is 1. The maximum atomic E-state index is 12.1. The first kappa shape index (κ1) is 16.4. The zero-order valence-electron chi connectivity index (χ0n) is 11.9. The predicted octanol–water partition coefficient (Wildman–Crippen LogP) is 3.16. The van der Waals surface area contributed by atoms with E-state index in [-0.39, 0.29) is 5.91 Å². The van der Waals surface area contributed by atoms with E-state index in [4.69, 9.17) is 5.11 Å². The Balaban J connectivity index is 2.75. The summed E-state index contributed by atoms with van der Waals surface area (Å²) in [5, 5.41) is 11.7. The summed E-state index contributed by atoms with van der Waals surface area (Å²) in [4.78, 5) is 24.9. The van der Waals surface area contributed by atoms with Crippen molar-refractivity contribution in [3.63, 3.8) is 0 Å². The van der Waals surface area contributed by atoms with Crippen molar-refractivity contribution in [1.82, 2.24) is 5.32 Å². The molecule has 5 heteroatoms. The molecule has 2 N–H and O–H groups in total. The molecular weight excluding hydrogens is 274 g/mol. The molecule has 1 rings (SSSR count). The van der Waals surface area contributed by atoms with Crippen LogP contribution in [0.15, 0.2) is 18.7 Å². The summed E-state index contributed by atoms with van der Waals surface area (Å²) >= 11 is 1.41. The number of hydrogen-bond donors (Lipinski definition) is 2. The Morgan fingerprint density at radius 3 is 2.80 bits per heavy atom. The molecule has 0 bridgehead atoms. The van der Waals surface area contributed by atoms with Crippen molar-refractivity contribution < 1.29 is 14.7 Å². The molecule has 1 heterocycles. The van der Waals surface area contributed by atoms with Gasteiger partial charge < -0.3 is 10.4 Å². The lowest BCUT2D eigenvalue weighted by molar-refractivity contribution is -0.139. The maximum Gasteiger partial charge on any atom is 0.326 e. The predicted molar refractivity (Wildman–Crippen MR) is 81.4 cm³/mol. The summed E-state index contributed by atoms with van der Waals surface area (Å²) < 4.78 is 0. The average molecular weight is 295 g/mol. The minimum absolute atomic E-state index is 0.308. The minimum Gasteiger partial charge on any atom is -0.480 e. The van der Waals surface area contributed by atoms with Crippen molar-refractivity contribution >= 4 is 23.2 Å². The molecule has 4 nitrogen and oxygen atoms in total. The highest BCUT2D eigenvalue weighted by molar-refractivity contribution is 7.14. The normalized spacial score (nSPS) is 11.9. The van der Waals surface area contributed by atoms with Crippen LogP contribution in [0.1, 0.15) is 46.3 Å². The van der Waals surface area contributed by atoms with Crippen LogP contribution in [0.25, 0.3) is 0 Å². The van der Waals surface area contributed by atoms with E-state index in [1.807, 2.05) is 13.0 Å². The van der Waals surface area contributed by atoms with Crippen LogP contribution in [-0.2, 0) is 11.2 Å². The summed E-state index contributed by atoms with van der Waals surface area (Å²) in [6.07, 6.45) is 4.53. The third kappa shape index (κ3) is 4.49. The highest BCUT2D eigenvalue weighted by Gasteiger charge is 2.21. The maximum absolute atomic E-state index is 12.1. The molecule has 1 atom stereocenters. The Kier molecular flexibility index (Phi) is 6.45. The van der Waals surface area contributed by atoms with E-state index in [2.05, 4.69) is 18.8 Å². The molecule has 0 aromatic carbocycles. The molecule has 0 aliphatic rings. The third-order valence-corrected chi connectivity index (χ3v) is 4.12. The van der Waals surface area contributed by atoms with E-state index in [9.17, 15) is 9.59 Å². The first-order valence-electron chi connectivity index (χ1n) is 6.73. The van der Waals surface area contributed by atoms with Crippen LogP contribution < -0.4 is 5.32 Å². The molecule has 0 aliphatic carbocycles. The number of rotatable bonds is 8. The number of amides is 1. The first-order valence-corrected chi connectivity index (χ1v) is 7.55. The second-order valence-corrected chi connectivity index (χ2v) is 5.93. The van der Waals surface area contributed by atoms with Gasteiger partial charge in [-0.25, -0.2) is 4.79 Å². The summed E-state index contributed by atoms with van der Waals surface area (Å²) in [5.74, 6) is -1.32. The van der Waals surface area contributed by atoms with Crippen LogP contribution in [0.4, 0.5) is 0 Å². The SMILES string of the molecule is C=CCCC(NC(=O)c1cc(CCC)c(C)s1)C(=O)O. The Bertz CT molecular complexity index is 493. The summed E-state index contributed by atoms with van der Waals surface area (Å²) in [6.45, 7) is 7.64. The second-order valence-electron chi connectivity index (χ2n) is 4.67. The molecule has 0 spiro atoms. The Hall–Kier alpha value is -1.62. The number of aryl methyl sites for hydroxylation is 2. The number of carboxylic acid groups (broad SMARTS) is 1. The third-order valence-electron chi connectivity index (χ3n) is 3.03. The smallest absolute Gasteiger partial charge is 0.326 e. The van der Waals surface area contributed by atoms with Gasteiger partial charge in [0.25, 0.3) is 5.91 Å². The summed E-state index contributed by atoms with van der Waals surface area (Å²) in [7, 11) is 0. The summed E-state index contributed by atoms with van der Waals surface area (Å²) in [5.41, 5.74) is 1.17. The molecular formula is C15H21NO3S. The Morgan fingerprint density at radius 2 is 2.25 bits per heavy atom. The second kappa shape index (κ2) is 7.85. The quantitative estimate of drug-likeness (QED) is 0.724. The monoisotopic (exact) mass is 295 g/mol.